The molecule has 0 atom stereocenters. The van der Waals surface area contributed by atoms with E-state index in [1.165, 1.54) is 11.8 Å². The van der Waals surface area contributed by atoms with Gasteiger partial charge in [-0.25, -0.2) is 9.69 Å². The minimum absolute atomic E-state index is 0.0941. The molecule has 0 radical (unpaired) electrons. The lowest BCUT2D eigenvalue weighted by Crippen LogP contribution is -2.39. The van der Waals surface area contributed by atoms with Gasteiger partial charge in [-0.05, 0) is 25.3 Å². The fraction of sp³-hybridized carbons (Fsp3) is 0.286. The minimum Gasteiger partial charge on any atom is -0.324 e. The maximum absolute atomic E-state index is 12.0. The summed E-state index contributed by atoms with van der Waals surface area (Å²) >= 11 is 1.46. The number of imide groups is 2. The van der Waals surface area contributed by atoms with Crippen LogP contribution < -0.4 is 5.32 Å². The zero-order valence-corrected chi connectivity index (χ0v) is 13.0. The molecule has 1 fully saturated rings. The lowest BCUT2D eigenvalue weighted by atomic mass is 10.3. The van der Waals surface area contributed by atoms with Crippen LogP contribution in [0.2, 0.25) is 0 Å². The van der Waals surface area contributed by atoms with Gasteiger partial charge in [-0.2, -0.15) is 0 Å². The second kappa shape index (κ2) is 6.61. The molecule has 116 valence electrons. The van der Waals surface area contributed by atoms with Crippen LogP contribution in [0.4, 0.5) is 10.5 Å². The molecule has 7 nitrogen and oxygen atoms in total. The Balaban J connectivity index is 2.08. The first-order valence-corrected chi connectivity index (χ1v) is 7.82. The number of carbonyl (C=O) groups is 4. The maximum Gasteiger partial charge on any atom is 0.334 e. The third-order valence-electron chi connectivity index (χ3n) is 3.13. The van der Waals surface area contributed by atoms with E-state index in [0.717, 1.165) is 9.80 Å². The van der Waals surface area contributed by atoms with Crippen molar-refractivity contribution in [2.75, 3.05) is 24.7 Å². The highest BCUT2D eigenvalue weighted by Gasteiger charge is 2.44. The normalized spacial score (nSPS) is 14.7. The smallest absolute Gasteiger partial charge is 0.324 e. The molecule has 0 bridgehead atoms. The van der Waals surface area contributed by atoms with Gasteiger partial charge < -0.3 is 5.32 Å². The van der Waals surface area contributed by atoms with E-state index in [9.17, 15) is 19.2 Å². The Morgan fingerprint density at radius 2 is 1.77 bits per heavy atom. The van der Waals surface area contributed by atoms with E-state index in [-0.39, 0.29) is 6.54 Å². The van der Waals surface area contributed by atoms with Crippen molar-refractivity contribution in [3.63, 3.8) is 0 Å². The molecule has 1 aromatic carbocycles. The summed E-state index contributed by atoms with van der Waals surface area (Å²) in [5.74, 6) is -2.40. The summed E-state index contributed by atoms with van der Waals surface area (Å²) in [5.41, 5.74) is 0.595. The summed E-state index contributed by atoms with van der Waals surface area (Å²) in [6.45, 7) is 1.20. The second-order valence-electron chi connectivity index (χ2n) is 4.47. The summed E-state index contributed by atoms with van der Waals surface area (Å²) in [4.78, 5) is 49.6. The van der Waals surface area contributed by atoms with E-state index in [2.05, 4.69) is 5.32 Å². The number of rotatable bonds is 5. The summed E-state index contributed by atoms with van der Waals surface area (Å²) in [6.07, 6.45) is 1.87. The third kappa shape index (κ3) is 2.96. The second-order valence-corrected chi connectivity index (χ2v) is 5.32. The number of benzene rings is 1. The van der Waals surface area contributed by atoms with Crippen LogP contribution >= 0.6 is 11.8 Å². The number of para-hydroxylation sites is 1. The number of hydrogen-bond acceptors (Lipinski definition) is 5. The molecule has 1 aromatic rings. The highest BCUT2D eigenvalue weighted by molar-refractivity contribution is 7.98. The van der Waals surface area contributed by atoms with Crippen molar-refractivity contribution in [2.45, 2.75) is 11.8 Å². The number of nitrogens with one attached hydrogen (secondary N) is 1. The SMILES string of the molecule is CCN1C(=O)C(=O)N(CC(=O)Nc2ccccc2SC)C1=O. The van der Waals surface area contributed by atoms with Gasteiger partial charge in [0.05, 0.1) is 5.69 Å². The number of anilines is 1. The standard InChI is InChI=1S/C14H15N3O4S/c1-3-16-12(19)13(20)17(14(16)21)8-11(18)15-9-6-4-5-7-10(9)22-2/h4-7H,3,8H2,1-2H3,(H,15,18). The van der Waals surface area contributed by atoms with Crippen molar-refractivity contribution >= 4 is 41.2 Å². The first-order valence-electron chi connectivity index (χ1n) is 6.59. The van der Waals surface area contributed by atoms with Crippen molar-refractivity contribution in [1.29, 1.82) is 0 Å². The van der Waals surface area contributed by atoms with Crippen LogP contribution in [0.15, 0.2) is 29.2 Å². The van der Waals surface area contributed by atoms with Crippen LogP contribution in [0.3, 0.4) is 0 Å². The summed E-state index contributed by atoms with van der Waals surface area (Å²) in [6, 6.07) is 6.41. The molecule has 0 saturated carbocycles. The monoisotopic (exact) mass is 321 g/mol. The summed E-state index contributed by atoms with van der Waals surface area (Å²) in [7, 11) is 0. The Labute approximate surface area is 131 Å². The third-order valence-corrected chi connectivity index (χ3v) is 3.93. The predicted molar refractivity (Wildman–Crippen MR) is 81.3 cm³/mol. The Morgan fingerprint density at radius 3 is 2.36 bits per heavy atom. The number of urea groups is 1. The summed E-state index contributed by atoms with van der Waals surface area (Å²) < 4.78 is 0. The van der Waals surface area contributed by atoms with Gasteiger partial charge >= 0.3 is 17.8 Å². The molecule has 0 aromatic heterocycles. The van der Waals surface area contributed by atoms with Crippen molar-refractivity contribution in [3.8, 4) is 0 Å². The van der Waals surface area contributed by atoms with E-state index in [4.69, 9.17) is 0 Å². The number of amides is 5. The van der Waals surface area contributed by atoms with Gasteiger partial charge in [0.25, 0.3) is 0 Å². The van der Waals surface area contributed by atoms with Gasteiger partial charge in [0.2, 0.25) is 5.91 Å². The Hall–Kier alpha value is -2.35. The highest BCUT2D eigenvalue weighted by Crippen LogP contribution is 2.24. The van der Waals surface area contributed by atoms with Crippen LogP contribution in [-0.4, -0.2) is 52.9 Å². The van der Waals surface area contributed by atoms with E-state index >= 15 is 0 Å². The van der Waals surface area contributed by atoms with E-state index in [1.807, 2.05) is 18.4 Å². The van der Waals surface area contributed by atoms with E-state index in [1.54, 1.807) is 19.1 Å². The van der Waals surface area contributed by atoms with Crippen molar-refractivity contribution in [1.82, 2.24) is 9.80 Å². The molecule has 0 aliphatic carbocycles. The van der Waals surface area contributed by atoms with Crippen LogP contribution in [0.5, 0.6) is 0 Å². The molecule has 8 heteroatoms. The van der Waals surface area contributed by atoms with Crippen LogP contribution in [0.25, 0.3) is 0 Å². The minimum atomic E-state index is -0.972. The average Bonchev–Trinajstić information content (AvgIpc) is 2.71. The number of hydrogen-bond donors (Lipinski definition) is 1. The molecule has 5 amide bonds. The molecule has 22 heavy (non-hydrogen) atoms. The fourth-order valence-electron chi connectivity index (χ4n) is 2.05. The fourth-order valence-corrected chi connectivity index (χ4v) is 2.60. The molecule has 1 N–H and O–H groups in total. The van der Waals surface area contributed by atoms with Gasteiger partial charge in [0.1, 0.15) is 6.54 Å². The predicted octanol–water partition coefficient (Wildman–Crippen LogP) is 1.16. The van der Waals surface area contributed by atoms with E-state index in [0.29, 0.717) is 10.6 Å². The lowest BCUT2D eigenvalue weighted by molar-refractivity contribution is -0.143. The van der Waals surface area contributed by atoms with E-state index < -0.39 is 30.3 Å². The van der Waals surface area contributed by atoms with Crippen LogP contribution in [-0.2, 0) is 14.4 Å². The van der Waals surface area contributed by atoms with Crippen molar-refractivity contribution in [3.05, 3.63) is 24.3 Å². The topological polar surface area (TPSA) is 86.8 Å². The van der Waals surface area contributed by atoms with Crippen LogP contribution in [0, 0.1) is 0 Å². The molecular weight excluding hydrogens is 306 g/mol. The Kier molecular flexibility index (Phi) is 4.81. The van der Waals surface area contributed by atoms with Gasteiger partial charge in [-0.3, -0.25) is 19.3 Å². The molecular formula is C14H15N3O4S. The summed E-state index contributed by atoms with van der Waals surface area (Å²) in [5, 5.41) is 2.64. The van der Waals surface area contributed by atoms with Crippen LogP contribution in [0.1, 0.15) is 6.92 Å². The quantitative estimate of drug-likeness (QED) is 0.499. The number of nitrogens with zero attached hydrogens (tertiary/aromatic N) is 2. The molecule has 1 heterocycles. The van der Waals surface area contributed by atoms with Gasteiger partial charge in [-0.15, -0.1) is 11.8 Å². The Morgan fingerprint density at radius 1 is 1.14 bits per heavy atom. The number of likely N-dealkylation sites (N-methyl/N-ethyl adjacent to an activating group) is 1. The van der Waals surface area contributed by atoms with Gasteiger partial charge in [-0.1, -0.05) is 12.1 Å². The van der Waals surface area contributed by atoms with Gasteiger partial charge in [0.15, 0.2) is 0 Å². The van der Waals surface area contributed by atoms with Crippen molar-refractivity contribution < 1.29 is 19.2 Å². The molecule has 2 rings (SSSR count). The molecule has 1 aliphatic rings. The lowest BCUT2D eigenvalue weighted by Gasteiger charge is -2.14. The van der Waals surface area contributed by atoms with Gasteiger partial charge in [0, 0.05) is 11.4 Å². The maximum atomic E-state index is 12.0. The zero-order chi connectivity index (χ0) is 16.3. The number of thioether (sulfide) groups is 1. The molecule has 0 spiro atoms. The Bertz CT molecular complexity index is 647. The first-order chi connectivity index (χ1) is 10.5. The molecule has 0 unspecified atom stereocenters. The average molecular weight is 321 g/mol. The zero-order valence-electron chi connectivity index (χ0n) is 12.2. The highest BCUT2D eigenvalue weighted by atomic mass is 32.2. The number of carbonyl (C=O) groups excluding carboxylic acids is 4. The largest absolute Gasteiger partial charge is 0.334 e. The first kappa shape index (κ1) is 16.0. The molecule has 1 saturated heterocycles. The molecule has 1 aliphatic heterocycles. The van der Waals surface area contributed by atoms with Crippen molar-refractivity contribution in [2.24, 2.45) is 0 Å².